The molecule has 0 bridgehead atoms. The molecule has 1 heterocycles. The first-order chi connectivity index (χ1) is 11.5. The molecule has 130 valence electrons. The first-order valence-corrected chi connectivity index (χ1v) is 8.08. The molecule has 1 unspecified atom stereocenters. The summed E-state index contributed by atoms with van der Waals surface area (Å²) < 4.78 is 5.51. The van der Waals surface area contributed by atoms with Crippen LogP contribution < -0.4 is 15.4 Å². The Morgan fingerprint density at radius 3 is 2.71 bits per heavy atom. The summed E-state index contributed by atoms with van der Waals surface area (Å²) in [5, 5.41) is 5.52. The van der Waals surface area contributed by atoms with E-state index in [1.165, 1.54) is 0 Å². The Bertz CT molecular complexity index is 600. The fourth-order valence-electron chi connectivity index (χ4n) is 2.38. The van der Waals surface area contributed by atoms with Gasteiger partial charge in [0.25, 0.3) is 5.91 Å². The van der Waals surface area contributed by atoms with Crippen LogP contribution >= 0.6 is 0 Å². The van der Waals surface area contributed by atoms with Gasteiger partial charge in [0.1, 0.15) is 5.75 Å². The van der Waals surface area contributed by atoms with E-state index >= 15 is 0 Å². The fraction of sp³-hybridized carbons (Fsp3) is 0.471. The summed E-state index contributed by atoms with van der Waals surface area (Å²) in [4.78, 5) is 36.7. The maximum atomic E-state index is 12.3. The number of hydrogen-bond donors (Lipinski definition) is 2. The summed E-state index contributed by atoms with van der Waals surface area (Å²) in [7, 11) is 0. The minimum atomic E-state index is -0.151. The lowest BCUT2D eigenvalue weighted by atomic mass is 10.2. The fourth-order valence-corrected chi connectivity index (χ4v) is 2.38. The summed E-state index contributed by atoms with van der Waals surface area (Å²) in [6, 6.07) is 6.80. The molecular formula is C17H23N3O4. The Hall–Kier alpha value is -2.57. The van der Waals surface area contributed by atoms with E-state index in [2.05, 4.69) is 10.6 Å². The van der Waals surface area contributed by atoms with Crippen molar-refractivity contribution >= 4 is 23.4 Å². The molecule has 0 spiro atoms. The molecular weight excluding hydrogens is 310 g/mol. The van der Waals surface area contributed by atoms with E-state index in [9.17, 15) is 14.4 Å². The SMILES string of the molecule is CCC(=O)Nc1ccc(OCC(=O)N2CCC(=O)NCC2C)cc1. The third kappa shape index (κ3) is 4.97. The number of nitrogens with one attached hydrogen (secondary N) is 2. The zero-order valence-corrected chi connectivity index (χ0v) is 14.0. The van der Waals surface area contributed by atoms with E-state index in [4.69, 9.17) is 4.74 Å². The topological polar surface area (TPSA) is 87.7 Å². The first-order valence-electron chi connectivity index (χ1n) is 8.08. The van der Waals surface area contributed by atoms with Gasteiger partial charge in [-0.2, -0.15) is 0 Å². The van der Waals surface area contributed by atoms with Crippen molar-refractivity contribution in [1.82, 2.24) is 10.2 Å². The quantitative estimate of drug-likeness (QED) is 0.846. The van der Waals surface area contributed by atoms with E-state index < -0.39 is 0 Å². The Labute approximate surface area is 141 Å². The molecule has 2 rings (SSSR count). The summed E-state index contributed by atoms with van der Waals surface area (Å²) in [6.45, 7) is 4.45. The van der Waals surface area contributed by atoms with Crippen LogP contribution in [0.5, 0.6) is 5.75 Å². The first kappa shape index (κ1) is 17.8. The van der Waals surface area contributed by atoms with Crippen molar-refractivity contribution in [3.05, 3.63) is 24.3 Å². The second kappa shape index (κ2) is 8.33. The molecule has 1 fully saturated rings. The van der Waals surface area contributed by atoms with Crippen LogP contribution in [0.4, 0.5) is 5.69 Å². The van der Waals surface area contributed by atoms with Gasteiger partial charge in [0.15, 0.2) is 6.61 Å². The van der Waals surface area contributed by atoms with E-state index in [0.29, 0.717) is 37.4 Å². The summed E-state index contributed by atoms with van der Waals surface area (Å²) in [5.41, 5.74) is 0.686. The predicted octanol–water partition coefficient (Wildman–Crippen LogP) is 1.15. The molecule has 1 aliphatic heterocycles. The van der Waals surface area contributed by atoms with Crippen molar-refractivity contribution in [3.8, 4) is 5.75 Å². The third-order valence-corrected chi connectivity index (χ3v) is 3.85. The minimum Gasteiger partial charge on any atom is -0.484 e. The lowest BCUT2D eigenvalue weighted by molar-refractivity contribution is -0.135. The van der Waals surface area contributed by atoms with Crippen LogP contribution in [0.15, 0.2) is 24.3 Å². The largest absolute Gasteiger partial charge is 0.484 e. The normalized spacial score (nSPS) is 17.7. The van der Waals surface area contributed by atoms with Crippen molar-refractivity contribution < 1.29 is 19.1 Å². The van der Waals surface area contributed by atoms with Gasteiger partial charge in [-0.15, -0.1) is 0 Å². The number of benzene rings is 1. The van der Waals surface area contributed by atoms with Crippen LogP contribution in [-0.2, 0) is 14.4 Å². The average Bonchev–Trinajstić information content (AvgIpc) is 2.75. The highest BCUT2D eigenvalue weighted by atomic mass is 16.5. The molecule has 0 radical (unpaired) electrons. The maximum absolute atomic E-state index is 12.3. The van der Waals surface area contributed by atoms with Crippen LogP contribution in [0.2, 0.25) is 0 Å². The van der Waals surface area contributed by atoms with Gasteiger partial charge in [-0.05, 0) is 31.2 Å². The predicted molar refractivity (Wildman–Crippen MR) is 89.7 cm³/mol. The van der Waals surface area contributed by atoms with E-state index in [1.54, 1.807) is 36.1 Å². The number of ether oxygens (including phenoxy) is 1. The number of carbonyl (C=O) groups is 3. The smallest absolute Gasteiger partial charge is 0.260 e. The number of anilines is 1. The van der Waals surface area contributed by atoms with Crippen LogP contribution in [0.25, 0.3) is 0 Å². The van der Waals surface area contributed by atoms with Gasteiger partial charge in [0.05, 0.1) is 0 Å². The highest BCUT2D eigenvalue weighted by Crippen LogP contribution is 2.16. The summed E-state index contributed by atoms with van der Waals surface area (Å²) in [5.74, 6) is 0.303. The molecule has 0 saturated carbocycles. The van der Waals surface area contributed by atoms with E-state index in [1.807, 2.05) is 6.92 Å². The van der Waals surface area contributed by atoms with Gasteiger partial charge < -0.3 is 20.3 Å². The van der Waals surface area contributed by atoms with Gasteiger partial charge >= 0.3 is 0 Å². The monoisotopic (exact) mass is 333 g/mol. The Morgan fingerprint density at radius 2 is 2.04 bits per heavy atom. The van der Waals surface area contributed by atoms with Gasteiger partial charge in [-0.3, -0.25) is 14.4 Å². The molecule has 3 amide bonds. The van der Waals surface area contributed by atoms with Crippen molar-refractivity contribution in [1.29, 1.82) is 0 Å². The molecule has 2 N–H and O–H groups in total. The van der Waals surface area contributed by atoms with Crippen molar-refractivity contribution in [2.45, 2.75) is 32.7 Å². The Balaban J connectivity index is 1.86. The second-order valence-electron chi connectivity index (χ2n) is 5.71. The van der Waals surface area contributed by atoms with Crippen LogP contribution in [0.1, 0.15) is 26.7 Å². The average molecular weight is 333 g/mol. The molecule has 0 aliphatic carbocycles. The van der Waals surface area contributed by atoms with E-state index in [0.717, 1.165) is 0 Å². The highest BCUT2D eigenvalue weighted by molar-refractivity contribution is 5.90. The highest BCUT2D eigenvalue weighted by Gasteiger charge is 2.24. The number of rotatable bonds is 5. The zero-order valence-electron chi connectivity index (χ0n) is 14.0. The third-order valence-electron chi connectivity index (χ3n) is 3.85. The minimum absolute atomic E-state index is 0.0391. The lowest BCUT2D eigenvalue weighted by Crippen LogP contribution is -2.44. The van der Waals surface area contributed by atoms with Gasteiger partial charge in [-0.25, -0.2) is 0 Å². The molecule has 1 aromatic rings. The maximum Gasteiger partial charge on any atom is 0.260 e. The van der Waals surface area contributed by atoms with Crippen molar-refractivity contribution in [2.24, 2.45) is 0 Å². The number of nitrogens with zero attached hydrogens (tertiary/aromatic N) is 1. The number of carbonyl (C=O) groups excluding carboxylic acids is 3. The molecule has 24 heavy (non-hydrogen) atoms. The van der Waals surface area contributed by atoms with Gasteiger partial charge in [0, 0.05) is 37.7 Å². The lowest BCUT2D eigenvalue weighted by Gasteiger charge is -2.26. The standard InChI is InChI=1S/C17H23N3O4/c1-3-15(21)19-13-4-6-14(7-5-13)24-11-17(23)20-9-8-16(22)18-10-12(20)2/h4-7,12H,3,8-11H2,1-2H3,(H,18,22)(H,19,21). The summed E-state index contributed by atoms with van der Waals surface area (Å²) >= 11 is 0. The summed E-state index contributed by atoms with van der Waals surface area (Å²) in [6.07, 6.45) is 0.722. The van der Waals surface area contributed by atoms with Gasteiger partial charge in [-0.1, -0.05) is 6.92 Å². The molecule has 7 nitrogen and oxygen atoms in total. The molecule has 7 heteroatoms. The molecule has 1 saturated heterocycles. The van der Waals surface area contributed by atoms with E-state index in [-0.39, 0.29) is 30.4 Å². The van der Waals surface area contributed by atoms with Gasteiger partial charge in [0.2, 0.25) is 11.8 Å². The molecule has 0 aromatic heterocycles. The molecule has 1 atom stereocenters. The van der Waals surface area contributed by atoms with Crippen molar-refractivity contribution in [2.75, 3.05) is 25.0 Å². The van der Waals surface area contributed by atoms with Crippen LogP contribution in [0, 0.1) is 0 Å². The molecule has 1 aromatic carbocycles. The zero-order chi connectivity index (χ0) is 17.5. The van der Waals surface area contributed by atoms with Crippen molar-refractivity contribution in [3.63, 3.8) is 0 Å². The number of amides is 3. The van der Waals surface area contributed by atoms with Crippen LogP contribution in [-0.4, -0.2) is 48.4 Å². The Kier molecular flexibility index (Phi) is 6.17. The molecule has 1 aliphatic rings. The van der Waals surface area contributed by atoms with Crippen LogP contribution in [0.3, 0.4) is 0 Å². The number of hydrogen-bond acceptors (Lipinski definition) is 4. The Morgan fingerprint density at radius 1 is 1.33 bits per heavy atom. The second-order valence-corrected chi connectivity index (χ2v) is 5.71.